The predicted octanol–water partition coefficient (Wildman–Crippen LogP) is 1.64. The molecule has 0 saturated carbocycles. The number of carbonyl (C=O) groups is 1. The largest absolute Gasteiger partial charge is 0.450 e. The molecule has 0 aromatic heterocycles. The maximum absolute atomic E-state index is 10.3. The van der Waals surface area contributed by atoms with Gasteiger partial charge in [-0.25, -0.2) is 4.79 Å². The van der Waals surface area contributed by atoms with Gasteiger partial charge in [-0.1, -0.05) is 19.3 Å². The Kier molecular flexibility index (Phi) is 6.16. The van der Waals surface area contributed by atoms with Gasteiger partial charge < -0.3 is 15.8 Å². The highest BCUT2D eigenvalue weighted by molar-refractivity contribution is 5.64. The molecule has 0 unspecified atom stereocenters. The molecule has 15 heavy (non-hydrogen) atoms. The SMILES string of the molecule is NC(=O)OCCCCCC1CCNCC1. The lowest BCUT2D eigenvalue weighted by Gasteiger charge is -2.22. The van der Waals surface area contributed by atoms with Crippen molar-refractivity contribution in [2.45, 2.75) is 38.5 Å². The average molecular weight is 214 g/mol. The summed E-state index contributed by atoms with van der Waals surface area (Å²) in [7, 11) is 0. The molecule has 88 valence electrons. The lowest BCUT2D eigenvalue weighted by atomic mass is 9.92. The number of primary amides is 1. The number of hydrogen-bond donors (Lipinski definition) is 2. The Balaban J connectivity index is 1.85. The highest BCUT2D eigenvalue weighted by Crippen LogP contribution is 2.18. The van der Waals surface area contributed by atoms with Crippen molar-refractivity contribution in [2.75, 3.05) is 19.7 Å². The summed E-state index contributed by atoms with van der Waals surface area (Å²) in [5.74, 6) is 0.906. The first-order valence-electron chi connectivity index (χ1n) is 5.92. The van der Waals surface area contributed by atoms with Crippen LogP contribution in [-0.2, 0) is 4.74 Å². The minimum atomic E-state index is -0.659. The van der Waals surface area contributed by atoms with E-state index in [0.717, 1.165) is 18.8 Å². The summed E-state index contributed by atoms with van der Waals surface area (Å²) in [6, 6.07) is 0. The second-order valence-electron chi connectivity index (χ2n) is 4.21. The Morgan fingerprint density at radius 3 is 2.67 bits per heavy atom. The number of nitrogens with two attached hydrogens (primary N) is 1. The number of ether oxygens (including phenoxy) is 1. The summed E-state index contributed by atoms with van der Waals surface area (Å²) in [5, 5.41) is 3.37. The zero-order valence-corrected chi connectivity index (χ0v) is 9.34. The predicted molar refractivity (Wildman–Crippen MR) is 59.6 cm³/mol. The van der Waals surface area contributed by atoms with Crippen molar-refractivity contribution in [2.24, 2.45) is 11.7 Å². The van der Waals surface area contributed by atoms with E-state index in [0.29, 0.717) is 6.61 Å². The van der Waals surface area contributed by atoms with Gasteiger partial charge in [0, 0.05) is 0 Å². The van der Waals surface area contributed by atoms with Crippen LogP contribution < -0.4 is 11.1 Å². The van der Waals surface area contributed by atoms with Crippen LogP contribution >= 0.6 is 0 Å². The number of hydrogen-bond acceptors (Lipinski definition) is 3. The van der Waals surface area contributed by atoms with Crippen molar-refractivity contribution in [3.63, 3.8) is 0 Å². The molecule has 0 spiro atoms. The van der Waals surface area contributed by atoms with Gasteiger partial charge in [-0.3, -0.25) is 0 Å². The fourth-order valence-corrected chi connectivity index (χ4v) is 2.05. The molecular weight excluding hydrogens is 192 g/mol. The van der Waals surface area contributed by atoms with Gasteiger partial charge in [0.15, 0.2) is 0 Å². The molecule has 0 bridgehead atoms. The summed E-state index contributed by atoms with van der Waals surface area (Å²) in [6.07, 6.45) is 6.61. The van der Waals surface area contributed by atoms with E-state index in [4.69, 9.17) is 5.73 Å². The number of nitrogens with one attached hydrogen (secondary N) is 1. The Morgan fingerprint density at radius 2 is 2.00 bits per heavy atom. The van der Waals surface area contributed by atoms with E-state index in [1.54, 1.807) is 0 Å². The zero-order valence-electron chi connectivity index (χ0n) is 9.34. The molecule has 0 aromatic carbocycles. The fourth-order valence-electron chi connectivity index (χ4n) is 2.05. The van der Waals surface area contributed by atoms with Gasteiger partial charge in [0.05, 0.1) is 6.61 Å². The van der Waals surface area contributed by atoms with Gasteiger partial charge in [0.25, 0.3) is 0 Å². The Morgan fingerprint density at radius 1 is 1.27 bits per heavy atom. The Labute approximate surface area is 91.5 Å². The molecule has 0 aliphatic carbocycles. The molecule has 4 heteroatoms. The molecule has 1 aliphatic rings. The third-order valence-corrected chi connectivity index (χ3v) is 2.96. The highest BCUT2D eigenvalue weighted by atomic mass is 16.5. The van der Waals surface area contributed by atoms with Gasteiger partial charge in [0.2, 0.25) is 0 Å². The van der Waals surface area contributed by atoms with Crippen LogP contribution in [0.5, 0.6) is 0 Å². The number of amides is 1. The van der Waals surface area contributed by atoms with Crippen molar-refractivity contribution >= 4 is 6.09 Å². The van der Waals surface area contributed by atoms with Gasteiger partial charge >= 0.3 is 6.09 Å². The minimum absolute atomic E-state index is 0.474. The zero-order chi connectivity index (χ0) is 10.9. The van der Waals surface area contributed by atoms with E-state index in [9.17, 15) is 4.79 Å². The van der Waals surface area contributed by atoms with Gasteiger partial charge in [0.1, 0.15) is 0 Å². The van der Waals surface area contributed by atoms with Crippen molar-refractivity contribution in [3.8, 4) is 0 Å². The molecule has 0 radical (unpaired) electrons. The summed E-state index contributed by atoms with van der Waals surface area (Å²) in [6.45, 7) is 2.83. The molecule has 1 fully saturated rings. The van der Waals surface area contributed by atoms with Crippen LogP contribution in [0.3, 0.4) is 0 Å². The lowest BCUT2D eigenvalue weighted by molar-refractivity contribution is 0.154. The molecule has 4 nitrogen and oxygen atoms in total. The van der Waals surface area contributed by atoms with E-state index < -0.39 is 6.09 Å². The lowest BCUT2D eigenvalue weighted by Crippen LogP contribution is -2.27. The van der Waals surface area contributed by atoms with E-state index in [-0.39, 0.29) is 0 Å². The van der Waals surface area contributed by atoms with E-state index in [1.165, 1.54) is 38.8 Å². The molecule has 3 N–H and O–H groups in total. The molecule has 0 atom stereocenters. The third-order valence-electron chi connectivity index (χ3n) is 2.96. The Bertz CT molecular complexity index is 179. The van der Waals surface area contributed by atoms with Crippen molar-refractivity contribution in [1.29, 1.82) is 0 Å². The fraction of sp³-hybridized carbons (Fsp3) is 0.909. The van der Waals surface area contributed by atoms with Crippen LogP contribution in [0.25, 0.3) is 0 Å². The van der Waals surface area contributed by atoms with Gasteiger partial charge in [-0.05, 0) is 38.3 Å². The quantitative estimate of drug-likeness (QED) is 0.661. The maximum Gasteiger partial charge on any atom is 0.404 e. The van der Waals surface area contributed by atoms with E-state index >= 15 is 0 Å². The average Bonchev–Trinajstić information content (AvgIpc) is 2.24. The van der Waals surface area contributed by atoms with Crippen LogP contribution in [0.4, 0.5) is 4.79 Å². The number of unbranched alkanes of at least 4 members (excludes halogenated alkanes) is 2. The smallest absolute Gasteiger partial charge is 0.404 e. The van der Waals surface area contributed by atoms with Crippen molar-refractivity contribution < 1.29 is 9.53 Å². The van der Waals surface area contributed by atoms with Gasteiger partial charge in [-0.15, -0.1) is 0 Å². The molecule has 0 aromatic rings. The van der Waals surface area contributed by atoms with E-state index in [2.05, 4.69) is 10.1 Å². The van der Waals surface area contributed by atoms with E-state index in [1.807, 2.05) is 0 Å². The molecular formula is C11H22N2O2. The third kappa shape index (κ3) is 6.33. The molecule has 1 aliphatic heterocycles. The first-order valence-corrected chi connectivity index (χ1v) is 5.92. The number of piperidine rings is 1. The van der Waals surface area contributed by atoms with Crippen LogP contribution in [0.2, 0.25) is 0 Å². The standard InChI is InChI=1S/C11H22N2O2/c12-11(14)15-9-3-1-2-4-10-5-7-13-8-6-10/h10,13H,1-9H2,(H2,12,14). The Hall–Kier alpha value is -0.770. The summed E-state index contributed by atoms with van der Waals surface area (Å²) in [4.78, 5) is 10.3. The van der Waals surface area contributed by atoms with Crippen LogP contribution in [-0.4, -0.2) is 25.8 Å². The summed E-state index contributed by atoms with van der Waals surface area (Å²) in [5.41, 5.74) is 4.86. The maximum atomic E-state index is 10.3. The summed E-state index contributed by atoms with van der Waals surface area (Å²) < 4.78 is 4.66. The van der Waals surface area contributed by atoms with Crippen LogP contribution in [0.15, 0.2) is 0 Å². The monoisotopic (exact) mass is 214 g/mol. The minimum Gasteiger partial charge on any atom is -0.450 e. The topological polar surface area (TPSA) is 64.4 Å². The normalized spacial score (nSPS) is 17.6. The number of carbonyl (C=O) groups excluding carboxylic acids is 1. The molecule has 1 rings (SSSR count). The highest BCUT2D eigenvalue weighted by Gasteiger charge is 2.11. The molecule has 1 saturated heterocycles. The van der Waals surface area contributed by atoms with Crippen molar-refractivity contribution in [3.05, 3.63) is 0 Å². The second kappa shape index (κ2) is 7.51. The summed E-state index contributed by atoms with van der Waals surface area (Å²) >= 11 is 0. The first-order chi connectivity index (χ1) is 7.29. The first kappa shape index (κ1) is 12.3. The molecule has 1 amide bonds. The van der Waals surface area contributed by atoms with Crippen LogP contribution in [0, 0.1) is 5.92 Å². The van der Waals surface area contributed by atoms with Crippen LogP contribution in [0.1, 0.15) is 38.5 Å². The molecule has 1 heterocycles. The van der Waals surface area contributed by atoms with Gasteiger partial charge in [-0.2, -0.15) is 0 Å². The van der Waals surface area contributed by atoms with Crippen molar-refractivity contribution in [1.82, 2.24) is 5.32 Å². The number of rotatable bonds is 6. The second-order valence-corrected chi connectivity index (χ2v) is 4.21.